The van der Waals surface area contributed by atoms with Gasteiger partial charge in [-0.25, -0.2) is 9.37 Å². The van der Waals surface area contributed by atoms with Crippen LogP contribution in [0.3, 0.4) is 0 Å². The lowest BCUT2D eigenvalue weighted by molar-refractivity contribution is 0.283. The zero-order valence-electron chi connectivity index (χ0n) is 15.2. The Morgan fingerprint density at radius 3 is 2.33 bits per heavy atom. The summed E-state index contributed by atoms with van der Waals surface area (Å²) in [5.74, 6) is 0.392. The van der Waals surface area contributed by atoms with Gasteiger partial charge in [-0.15, -0.1) is 0 Å². The van der Waals surface area contributed by atoms with Crippen LogP contribution in [0.4, 0.5) is 10.2 Å². The number of aromatic nitrogens is 2. The van der Waals surface area contributed by atoms with Gasteiger partial charge in [-0.1, -0.05) is 55.3 Å². The predicted molar refractivity (Wildman–Crippen MR) is 107 cm³/mol. The van der Waals surface area contributed by atoms with Gasteiger partial charge in [0.15, 0.2) is 0 Å². The molecule has 2 N–H and O–H groups in total. The van der Waals surface area contributed by atoms with E-state index in [9.17, 15) is 4.39 Å². The zero-order chi connectivity index (χ0) is 18.9. The van der Waals surface area contributed by atoms with E-state index in [4.69, 9.17) is 5.11 Å². The maximum atomic E-state index is 15.0. The summed E-state index contributed by atoms with van der Waals surface area (Å²) in [5, 5.41) is 12.0. The first-order chi connectivity index (χ1) is 13.3. The van der Waals surface area contributed by atoms with Gasteiger partial charge in [0.05, 0.1) is 18.1 Å². The van der Waals surface area contributed by atoms with Crippen LogP contribution in [0, 0.1) is 5.82 Å². The van der Waals surface area contributed by atoms with E-state index in [1.54, 1.807) is 24.5 Å². The summed E-state index contributed by atoms with van der Waals surface area (Å²) in [4.78, 5) is 8.73. The highest BCUT2D eigenvalue weighted by Gasteiger charge is 2.12. The van der Waals surface area contributed by atoms with Crippen molar-refractivity contribution in [2.45, 2.75) is 25.7 Å². The maximum Gasteiger partial charge on any atom is 0.144 e. The van der Waals surface area contributed by atoms with Gasteiger partial charge in [-0.05, 0) is 24.5 Å². The lowest BCUT2D eigenvalue weighted by Crippen LogP contribution is -2.04. The number of benzene rings is 2. The molecule has 0 aliphatic rings. The van der Waals surface area contributed by atoms with Crippen LogP contribution in [0.15, 0.2) is 60.9 Å². The number of rotatable bonds is 9. The molecule has 0 radical (unpaired) electrons. The monoisotopic (exact) mass is 365 g/mol. The summed E-state index contributed by atoms with van der Waals surface area (Å²) in [6.07, 6.45) is 7.19. The topological polar surface area (TPSA) is 58.0 Å². The number of hydrogen-bond donors (Lipinski definition) is 2. The third-order valence-electron chi connectivity index (χ3n) is 4.40. The predicted octanol–water partition coefficient (Wildman–Crippen LogP) is 4.91. The van der Waals surface area contributed by atoms with Crippen molar-refractivity contribution in [3.8, 4) is 22.4 Å². The number of halogens is 1. The van der Waals surface area contributed by atoms with Crippen molar-refractivity contribution in [3.63, 3.8) is 0 Å². The van der Waals surface area contributed by atoms with Gasteiger partial charge in [-0.3, -0.25) is 4.98 Å². The van der Waals surface area contributed by atoms with Gasteiger partial charge in [0.25, 0.3) is 0 Å². The van der Waals surface area contributed by atoms with E-state index in [2.05, 4.69) is 15.3 Å². The van der Waals surface area contributed by atoms with E-state index < -0.39 is 0 Å². The summed E-state index contributed by atoms with van der Waals surface area (Å²) in [6, 6.07) is 14.8. The smallest absolute Gasteiger partial charge is 0.144 e. The zero-order valence-corrected chi connectivity index (χ0v) is 15.2. The van der Waals surface area contributed by atoms with Crippen molar-refractivity contribution in [3.05, 3.63) is 66.7 Å². The van der Waals surface area contributed by atoms with E-state index in [-0.39, 0.29) is 12.4 Å². The molecule has 3 aromatic rings. The number of unbranched alkanes of at least 4 members (excludes halogenated alkanes) is 3. The Morgan fingerprint density at radius 1 is 0.815 bits per heavy atom. The molecule has 0 saturated heterocycles. The van der Waals surface area contributed by atoms with Gasteiger partial charge in [0, 0.05) is 24.3 Å². The quantitative estimate of drug-likeness (QED) is 0.529. The molecule has 140 valence electrons. The van der Waals surface area contributed by atoms with Gasteiger partial charge in [0.2, 0.25) is 0 Å². The lowest BCUT2D eigenvalue weighted by Gasteiger charge is -2.09. The molecule has 0 unspecified atom stereocenters. The molecule has 0 aliphatic heterocycles. The average molecular weight is 365 g/mol. The summed E-state index contributed by atoms with van der Waals surface area (Å²) in [6.45, 7) is 1.06. The molecule has 1 aromatic heterocycles. The minimum Gasteiger partial charge on any atom is -0.396 e. The molecule has 4 nitrogen and oxygen atoms in total. The molecule has 0 saturated carbocycles. The van der Waals surface area contributed by atoms with Crippen LogP contribution >= 0.6 is 0 Å². The van der Waals surface area contributed by atoms with E-state index in [0.29, 0.717) is 22.6 Å². The highest BCUT2D eigenvalue weighted by atomic mass is 19.1. The number of anilines is 1. The molecular weight excluding hydrogens is 341 g/mol. The van der Waals surface area contributed by atoms with Crippen molar-refractivity contribution in [2.75, 3.05) is 18.5 Å². The van der Waals surface area contributed by atoms with Crippen LogP contribution in [0.25, 0.3) is 22.4 Å². The second-order valence-electron chi connectivity index (χ2n) is 6.38. The molecule has 27 heavy (non-hydrogen) atoms. The van der Waals surface area contributed by atoms with Gasteiger partial charge in [-0.2, -0.15) is 0 Å². The van der Waals surface area contributed by atoms with E-state index in [1.807, 2.05) is 36.4 Å². The van der Waals surface area contributed by atoms with Crippen LogP contribution < -0.4 is 5.32 Å². The number of hydrogen-bond acceptors (Lipinski definition) is 4. The molecule has 1 heterocycles. The van der Waals surface area contributed by atoms with Crippen LogP contribution in [0.1, 0.15) is 25.7 Å². The molecule has 0 fully saturated rings. The number of aliphatic hydroxyl groups is 1. The lowest BCUT2D eigenvalue weighted by atomic mass is 10.0. The van der Waals surface area contributed by atoms with Crippen LogP contribution in [0.5, 0.6) is 0 Å². The Morgan fingerprint density at radius 2 is 1.59 bits per heavy atom. The van der Waals surface area contributed by atoms with Crippen LogP contribution in [-0.2, 0) is 0 Å². The van der Waals surface area contributed by atoms with Crippen molar-refractivity contribution >= 4 is 5.82 Å². The Hall–Kier alpha value is -2.79. The first kappa shape index (κ1) is 19.0. The second-order valence-corrected chi connectivity index (χ2v) is 6.38. The van der Waals surface area contributed by atoms with E-state index in [1.165, 1.54) is 0 Å². The van der Waals surface area contributed by atoms with Crippen molar-refractivity contribution in [1.82, 2.24) is 9.97 Å². The second kappa shape index (κ2) is 9.78. The normalized spacial score (nSPS) is 10.7. The molecule has 0 aliphatic carbocycles. The van der Waals surface area contributed by atoms with Gasteiger partial charge < -0.3 is 10.4 Å². The van der Waals surface area contributed by atoms with Gasteiger partial charge in [0.1, 0.15) is 11.6 Å². The van der Waals surface area contributed by atoms with Gasteiger partial charge >= 0.3 is 0 Å². The van der Waals surface area contributed by atoms with Crippen LogP contribution in [-0.4, -0.2) is 28.2 Å². The highest BCUT2D eigenvalue weighted by Crippen LogP contribution is 2.29. The molecule has 0 bridgehead atoms. The highest BCUT2D eigenvalue weighted by molar-refractivity contribution is 5.72. The number of nitrogens with one attached hydrogen (secondary N) is 1. The molecular formula is C22H24FN3O. The fourth-order valence-corrected chi connectivity index (χ4v) is 2.94. The summed E-state index contributed by atoms with van der Waals surface area (Å²) < 4.78 is 15.0. The standard InChI is InChI=1S/C22H24FN3O/c23-22-18(17-9-4-3-5-10-17)11-8-12-19(22)20-15-26-21(16-25-20)24-13-6-1-2-7-14-27/h3-5,8-12,15-16,27H,1-2,6-7,13-14H2,(H,24,26). The Labute approximate surface area is 159 Å². The van der Waals surface area contributed by atoms with E-state index >= 15 is 0 Å². The molecule has 5 heteroatoms. The molecule has 0 atom stereocenters. The minimum absolute atomic E-state index is 0.252. The van der Waals surface area contributed by atoms with Crippen molar-refractivity contribution in [1.29, 1.82) is 0 Å². The van der Waals surface area contributed by atoms with Crippen LogP contribution in [0.2, 0.25) is 0 Å². The fraction of sp³-hybridized carbons (Fsp3) is 0.273. The fourth-order valence-electron chi connectivity index (χ4n) is 2.94. The van der Waals surface area contributed by atoms with Crippen molar-refractivity contribution in [2.24, 2.45) is 0 Å². The third-order valence-corrected chi connectivity index (χ3v) is 4.40. The molecule has 2 aromatic carbocycles. The SMILES string of the molecule is OCCCCCCNc1cnc(-c2cccc(-c3ccccc3)c2F)cn1. The van der Waals surface area contributed by atoms with E-state index in [0.717, 1.165) is 37.8 Å². The largest absolute Gasteiger partial charge is 0.396 e. The average Bonchev–Trinajstić information content (AvgIpc) is 2.72. The first-order valence-corrected chi connectivity index (χ1v) is 9.30. The van der Waals surface area contributed by atoms with Crippen molar-refractivity contribution < 1.29 is 9.50 Å². The number of aliphatic hydroxyl groups excluding tert-OH is 1. The third kappa shape index (κ3) is 5.11. The summed E-state index contributed by atoms with van der Waals surface area (Å²) >= 11 is 0. The number of nitrogens with zero attached hydrogens (tertiary/aromatic N) is 2. The Kier molecular flexibility index (Phi) is 6.88. The molecule has 0 amide bonds. The Bertz CT molecular complexity index is 838. The maximum absolute atomic E-state index is 15.0. The summed E-state index contributed by atoms with van der Waals surface area (Å²) in [5.41, 5.74) is 2.35. The molecule has 3 rings (SSSR count). The Balaban J connectivity index is 1.67. The minimum atomic E-state index is -0.289. The molecule has 0 spiro atoms. The summed E-state index contributed by atoms with van der Waals surface area (Å²) in [7, 11) is 0. The first-order valence-electron chi connectivity index (χ1n) is 9.30.